The molecular weight excluding hydrogens is 270 g/mol. The number of aliphatic hydroxyl groups excluding tert-OH is 1. The van der Waals surface area contributed by atoms with Crippen LogP contribution in [0.2, 0.25) is 0 Å². The summed E-state index contributed by atoms with van der Waals surface area (Å²) in [7, 11) is 0. The van der Waals surface area contributed by atoms with Gasteiger partial charge in [0, 0.05) is 17.8 Å². The van der Waals surface area contributed by atoms with E-state index in [9.17, 15) is 5.11 Å². The number of hydrogen-bond acceptors (Lipinski definition) is 4. The fraction of sp³-hybridized carbons (Fsp3) is 0.625. The van der Waals surface area contributed by atoms with Crippen LogP contribution < -0.4 is 5.32 Å². The van der Waals surface area contributed by atoms with Crippen LogP contribution in [-0.4, -0.2) is 41.9 Å². The van der Waals surface area contributed by atoms with E-state index in [4.69, 9.17) is 4.74 Å². The Labute approximate surface area is 126 Å². The summed E-state index contributed by atoms with van der Waals surface area (Å²) in [6.45, 7) is 1.58. The third-order valence-corrected chi connectivity index (χ3v) is 4.88. The predicted molar refractivity (Wildman–Crippen MR) is 85.0 cm³/mol. The monoisotopic (exact) mass is 295 g/mol. The van der Waals surface area contributed by atoms with Gasteiger partial charge >= 0.3 is 0 Å². The van der Waals surface area contributed by atoms with Crippen LogP contribution in [0, 0.1) is 0 Å². The molecule has 1 aromatic carbocycles. The second-order valence-corrected chi connectivity index (χ2v) is 6.57. The maximum Gasteiger partial charge on any atom is 0.0897 e. The highest BCUT2D eigenvalue weighted by Gasteiger charge is 2.23. The molecule has 3 unspecified atom stereocenters. The van der Waals surface area contributed by atoms with Gasteiger partial charge in [0.25, 0.3) is 0 Å². The van der Waals surface area contributed by atoms with Gasteiger partial charge in [-0.3, -0.25) is 0 Å². The quantitative estimate of drug-likeness (QED) is 0.773. The van der Waals surface area contributed by atoms with Gasteiger partial charge in [-0.1, -0.05) is 30.3 Å². The number of benzene rings is 1. The number of thioether (sulfide) groups is 1. The van der Waals surface area contributed by atoms with Crippen LogP contribution in [0.3, 0.4) is 0 Å². The molecule has 4 heteroatoms. The van der Waals surface area contributed by atoms with E-state index in [2.05, 4.69) is 11.6 Å². The topological polar surface area (TPSA) is 41.5 Å². The van der Waals surface area contributed by atoms with Gasteiger partial charge in [0.15, 0.2) is 0 Å². The third kappa shape index (κ3) is 5.44. The van der Waals surface area contributed by atoms with Crippen molar-refractivity contribution in [1.82, 2.24) is 5.32 Å². The molecule has 1 fully saturated rings. The van der Waals surface area contributed by atoms with E-state index in [1.165, 1.54) is 19.3 Å². The summed E-state index contributed by atoms with van der Waals surface area (Å²) in [4.78, 5) is 0. The summed E-state index contributed by atoms with van der Waals surface area (Å²) in [5, 5.41) is 14.2. The highest BCUT2D eigenvalue weighted by molar-refractivity contribution is 7.99. The number of hydrogen-bond donors (Lipinski definition) is 2. The van der Waals surface area contributed by atoms with Crippen molar-refractivity contribution < 1.29 is 9.84 Å². The molecule has 1 aliphatic rings. The van der Waals surface area contributed by atoms with Crippen LogP contribution in [-0.2, 0) is 11.3 Å². The molecule has 3 nitrogen and oxygen atoms in total. The van der Waals surface area contributed by atoms with Crippen molar-refractivity contribution in [2.45, 2.75) is 43.3 Å². The van der Waals surface area contributed by atoms with Gasteiger partial charge in [0.2, 0.25) is 0 Å². The lowest BCUT2D eigenvalue weighted by Gasteiger charge is -2.16. The summed E-state index contributed by atoms with van der Waals surface area (Å²) in [5.74, 6) is 0. The molecule has 1 aromatic rings. The molecule has 0 aliphatic heterocycles. The van der Waals surface area contributed by atoms with Crippen LogP contribution in [0.5, 0.6) is 0 Å². The molecule has 0 heterocycles. The first-order valence-corrected chi connectivity index (χ1v) is 8.62. The molecule has 0 aromatic heterocycles. The zero-order chi connectivity index (χ0) is 14.2. The molecule has 0 saturated heterocycles. The molecular formula is C16H25NO2S. The minimum Gasteiger partial charge on any atom is -0.389 e. The minimum atomic E-state index is -0.424. The second-order valence-electron chi connectivity index (χ2n) is 5.43. The van der Waals surface area contributed by atoms with E-state index in [1.807, 2.05) is 42.1 Å². The zero-order valence-electron chi connectivity index (χ0n) is 12.1. The van der Waals surface area contributed by atoms with Crippen LogP contribution in [0.25, 0.3) is 0 Å². The number of aliphatic hydroxyl groups is 1. The van der Waals surface area contributed by atoms with Crippen molar-refractivity contribution in [1.29, 1.82) is 0 Å². The van der Waals surface area contributed by atoms with Crippen LogP contribution in [0.1, 0.15) is 24.8 Å². The van der Waals surface area contributed by atoms with E-state index >= 15 is 0 Å². The van der Waals surface area contributed by atoms with Gasteiger partial charge in [-0.15, -0.1) is 0 Å². The first-order valence-electron chi connectivity index (χ1n) is 7.34. The summed E-state index contributed by atoms with van der Waals surface area (Å²) in [5.41, 5.74) is 1.14. The Morgan fingerprint density at radius 3 is 2.85 bits per heavy atom. The van der Waals surface area contributed by atoms with Gasteiger partial charge < -0.3 is 15.2 Å². The van der Waals surface area contributed by atoms with Crippen LogP contribution in [0.15, 0.2) is 30.3 Å². The summed E-state index contributed by atoms with van der Waals surface area (Å²) >= 11 is 1.95. The Morgan fingerprint density at radius 2 is 2.15 bits per heavy atom. The zero-order valence-corrected chi connectivity index (χ0v) is 12.9. The molecule has 1 saturated carbocycles. The summed E-state index contributed by atoms with van der Waals surface area (Å²) in [6.07, 6.45) is 5.49. The van der Waals surface area contributed by atoms with Crippen molar-refractivity contribution in [3.05, 3.63) is 35.9 Å². The Hall–Kier alpha value is -0.550. The van der Waals surface area contributed by atoms with Crippen molar-refractivity contribution in [2.75, 3.05) is 19.4 Å². The highest BCUT2D eigenvalue weighted by Crippen LogP contribution is 2.27. The Kier molecular flexibility index (Phi) is 6.87. The maximum absolute atomic E-state index is 9.92. The molecule has 0 bridgehead atoms. The molecule has 2 rings (SSSR count). The fourth-order valence-corrected chi connectivity index (χ4v) is 3.38. The fourth-order valence-electron chi connectivity index (χ4n) is 2.59. The smallest absolute Gasteiger partial charge is 0.0897 e. The highest BCUT2D eigenvalue weighted by atomic mass is 32.2. The first kappa shape index (κ1) is 15.8. The predicted octanol–water partition coefficient (Wildman–Crippen LogP) is 2.44. The van der Waals surface area contributed by atoms with E-state index in [1.54, 1.807) is 0 Å². The normalized spacial score (nSPS) is 23.9. The average molecular weight is 295 g/mol. The van der Waals surface area contributed by atoms with Crippen LogP contribution in [0.4, 0.5) is 0 Å². The lowest BCUT2D eigenvalue weighted by atomic mass is 10.2. The van der Waals surface area contributed by atoms with E-state index in [0.717, 1.165) is 10.8 Å². The van der Waals surface area contributed by atoms with Gasteiger partial charge in [-0.25, -0.2) is 0 Å². The van der Waals surface area contributed by atoms with Crippen molar-refractivity contribution >= 4 is 11.8 Å². The molecule has 0 amide bonds. The van der Waals surface area contributed by atoms with Gasteiger partial charge in [0.05, 0.1) is 19.3 Å². The molecule has 2 N–H and O–H groups in total. The second kappa shape index (κ2) is 8.67. The van der Waals surface area contributed by atoms with E-state index < -0.39 is 6.10 Å². The standard InChI is InChI=1S/C16H25NO2S/c1-20-16-8-7-14(9-16)17-10-15(18)12-19-11-13-5-3-2-4-6-13/h2-6,14-18H,7-12H2,1H3. The van der Waals surface area contributed by atoms with E-state index in [-0.39, 0.29) is 0 Å². The maximum atomic E-state index is 9.92. The Balaban J connectivity index is 1.55. The number of nitrogens with one attached hydrogen (secondary N) is 1. The van der Waals surface area contributed by atoms with Gasteiger partial charge in [-0.2, -0.15) is 11.8 Å². The first-order chi connectivity index (χ1) is 9.78. The van der Waals surface area contributed by atoms with Crippen molar-refractivity contribution in [2.24, 2.45) is 0 Å². The minimum absolute atomic E-state index is 0.389. The lowest BCUT2D eigenvalue weighted by Crippen LogP contribution is -2.36. The SMILES string of the molecule is CSC1CCC(NCC(O)COCc2ccccc2)C1. The molecule has 112 valence electrons. The lowest BCUT2D eigenvalue weighted by molar-refractivity contribution is 0.0277. The number of rotatable bonds is 8. The van der Waals surface area contributed by atoms with Gasteiger partial charge in [-0.05, 0) is 31.1 Å². The molecule has 3 atom stereocenters. The van der Waals surface area contributed by atoms with Crippen molar-refractivity contribution in [3.63, 3.8) is 0 Å². The van der Waals surface area contributed by atoms with Gasteiger partial charge in [0.1, 0.15) is 0 Å². The molecule has 0 spiro atoms. The summed E-state index contributed by atoms with van der Waals surface area (Å²) < 4.78 is 5.54. The molecule has 1 aliphatic carbocycles. The van der Waals surface area contributed by atoms with Crippen molar-refractivity contribution in [3.8, 4) is 0 Å². The Morgan fingerprint density at radius 1 is 1.35 bits per heavy atom. The summed E-state index contributed by atoms with van der Waals surface area (Å²) in [6, 6.07) is 10.6. The molecule has 20 heavy (non-hydrogen) atoms. The third-order valence-electron chi connectivity index (χ3n) is 3.78. The van der Waals surface area contributed by atoms with E-state index in [0.29, 0.717) is 25.8 Å². The van der Waals surface area contributed by atoms with Crippen LogP contribution >= 0.6 is 11.8 Å². The molecule has 0 radical (unpaired) electrons. The Bertz CT molecular complexity index is 374. The largest absolute Gasteiger partial charge is 0.389 e. The number of ether oxygens (including phenoxy) is 1. The average Bonchev–Trinajstić information content (AvgIpc) is 2.94.